The molecule has 1 amide bonds. The van der Waals surface area contributed by atoms with Crippen LogP contribution < -0.4 is 4.98 Å². The summed E-state index contributed by atoms with van der Waals surface area (Å²) in [6.07, 6.45) is 0. The molecule has 2 heterocycles. The minimum Gasteiger partial charge on any atom is -0.519 e. The fourth-order valence-electron chi connectivity index (χ4n) is 2.74. The molecule has 5 nitrogen and oxygen atoms in total. The van der Waals surface area contributed by atoms with Crippen molar-refractivity contribution in [1.82, 2.24) is 9.88 Å². The van der Waals surface area contributed by atoms with E-state index in [2.05, 4.69) is 47.2 Å². The number of nitrogens with zero attached hydrogens (tertiary/aromatic N) is 1. The highest BCUT2D eigenvalue weighted by atomic mass is 127. The van der Waals surface area contributed by atoms with E-state index in [1.807, 2.05) is 24.5 Å². The summed E-state index contributed by atoms with van der Waals surface area (Å²) in [4.78, 5) is 30.6. The Kier molecular flexibility index (Phi) is 5.68. The number of rotatable bonds is 5. The third-order valence-corrected chi connectivity index (χ3v) is 8.84. The molecule has 2 rings (SSSR count). The first-order valence-electron chi connectivity index (χ1n) is 7.88. The van der Waals surface area contributed by atoms with E-state index in [0.29, 0.717) is 11.0 Å². The summed E-state index contributed by atoms with van der Waals surface area (Å²) in [5, 5.41) is 0.171. The van der Waals surface area contributed by atoms with Gasteiger partial charge in [0.2, 0.25) is 14.2 Å². The molecule has 0 radical (unpaired) electrons. The monoisotopic (exact) mass is 486 g/mol. The van der Waals surface area contributed by atoms with Gasteiger partial charge < -0.3 is 14.3 Å². The topological polar surface area (TPSA) is 58.6 Å². The van der Waals surface area contributed by atoms with Gasteiger partial charge in [0.15, 0.2) is 0 Å². The number of nitrogens with one attached hydrogen (secondary N) is 1. The van der Waals surface area contributed by atoms with Crippen molar-refractivity contribution in [2.45, 2.75) is 50.7 Å². The van der Waals surface area contributed by atoms with E-state index in [-0.39, 0.29) is 23.3 Å². The van der Waals surface area contributed by atoms with Crippen LogP contribution >= 0.6 is 34.4 Å². The van der Waals surface area contributed by atoms with Crippen LogP contribution in [0.2, 0.25) is 39.3 Å². The average molecular weight is 487 g/mol. The minimum atomic E-state index is -1.92. The van der Waals surface area contributed by atoms with Gasteiger partial charge in [-0.15, -0.1) is 11.8 Å². The average Bonchev–Trinajstić information content (AvgIpc) is 2.41. The Labute approximate surface area is 159 Å². The molecule has 0 aromatic heterocycles. The first-order chi connectivity index (χ1) is 10.4. The number of hydrogen-bond donors (Lipinski definition) is 1. The van der Waals surface area contributed by atoms with Gasteiger partial charge in [0.1, 0.15) is 25.1 Å². The van der Waals surface area contributed by atoms with Crippen LogP contribution in [-0.4, -0.2) is 61.5 Å². The van der Waals surface area contributed by atoms with Crippen molar-refractivity contribution in [1.29, 1.82) is 0 Å². The van der Waals surface area contributed by atoms with Gasteiger partial charge in [-0.3, -0.25) is 9.59 Å². The number of carbonyl (C=O) groups is 2. The second-order valence-electron chi connectivity index (χ2n) is 8.46. The molecule has 0 spiro atoms. The number of carbonyl (C=O) groups excluding carboxylic acids is 2. The Bertz CT molecular complexity index is 509. The molecule has 23 heavy (non-hydrogen) atoms. The number of amides is 1. The third-order valence-electron chi connectivity index (χ3n) is 3.82. The van der Waals surface area contributed by atoms with Crippen molar-refractivity contribution in [3.05, 3.63) is 0 Å². The summed E-state index contributed by atoms with van der Waals surface area (Å²) >= 11 is 3.98. The maximum atomic E-state index is 12.7. The molecule has 0 saturated carbocycles. The van der Waals surface area contributed by atoms with Gasteiger partial charge >= 0.3 is 5.97 Å². The van der Waals surface area contributed by atoms with E-state index in [9.17, 15) is 9.59 Å². The van der Waals surface area contributed by atoms with Crippen molar-refractivity contribution >= 4 is 62.8 Å². The van der Waals surface area contributed by atoms with Crippen LogP contribution in [0.4, 0.5) is 0 Å². The van der Waals surface area contributed by atoms with Crippen LogP contribution in [0.5, 0.6) is 0 Å². The highest BCUT2D eigenvalue weighted by Gasteiger charge is 2.57. The zero-order valence-corrected chi connectivity index (χ0v) is 19.7. The van der Waals surface area contributed by atoms with Gasteiger partial charge in [-0.05, 0) is 19.6 Å². The Hall–Kier alpha value is 0.414. The lowest BCUT2D eigenvalue weighted by Gasteiger charge is -2.55. The second kappa shape index (κ2) is 6.62. The Morgan fingerprint density at radius 2 is 2.00 bits per heavy atom. The number of β-lactam (4-membered cyclic amide) rings is 1. The Morgan fingerprint density at radius 3 is 2.48 bits per heavy atom. The first kappa shape index (κ1) is 19.7. The molecule has 2 aliphatic rings. The maximum absolute atomic E-state index is 12.7. The molecule has 132 valence electrons. The summed E-state index contributed by atoms with van der Waals surface area (Å²) in [7, 11) is -3.43. The fraction of sp³-hybridized carbons (Fsp3) is 0.857. The summed E-state index contributed by atoms with van der Waals surface area (Å²) in [5.41, 5.74) is -0.554. The number of hydrogen-bond acceptors (Lipinski definition) is 5. The van der Waals surface area contributed by atoms with E-state index in [4.69, 9.17) is 4.43 Å². The number of fused-ring (bicyclic) bond motifs is 1. The molecular formula is C14H27IN2O3SSi2. The standard InChI is InChI=1S/C14H27IN2O3SSi2/c1-22(2,3)16-10-11(18)17-8-14(7-15,9-21-12(10)17)13(19)20-23(4,5)6/h10,12,16H,7-9H2,1-6H3/t10?,12-,14?/m1/s1. The maximum Gasteiger partial charge on any atom is 0.302 e. The Balaban J connectivity index is 2.08. The molecule has 0 aromatic carbocycles. The molecule has 2 fully saturated rings. The normalized spacial score (nSPS) is 31.4. The zero-order chi connectivity index (χ0) is 17.6. The van der Waals surface area contributed by atoms with Crippen molar-refractivity contribution in [2.75, 3.05) is 16.7 Å². The lowest BCUT2D eigenvalue weighted by Crippen LogP contribution is -2.75. The number of thioether (sulfide) groups is 1. The summed E-state index contributed by atoms with van der Waals surface area (Å²) in [5.74, 6) is 0.753. The van der Waals surface area contributed by atoms with E-state index in [0.717, 1.165) is 5.75 Å². The summed E-state index contributed by atoms with van der Waals surface area (Å²) < 4.78 is 6.44. The van der Waals surface area contributed by atoms with E-state index >= 15 is 0 Å². The number of alkyl halides is 1. The van der Waals surface area contributed by atoms with Crippen LogP contribution in [0.25, 0.3) is 0 Å². The number of halogens is 1. The van der Waals surface area contributed by atoms with Gasteiger partial charge in [-0.1, -0.05) is 42.2 Å². The van der Waals surface area contributed by atoms with E-state index < -0.39 is 22.0 Å². The van der Waals surface area contributed by atoms with Gasteiger partial charge in [-0.25, -0.2) is 0 Å². The van der Waals surface area contributed by atoms with Gasteiger partial charge in [-0.2, -0.15) is 0 Å². The molecule has 9 heteroatoms. The second-order valence-corrected chi connectivity index (χ2v) is 19.5. The molecule has 0 aliphatic carbocycles. The van der Waals surface area contributed by atoms with Crippen LogP contribution in [0.3, 0.4) is 0 Å². The molecule has 3 atom stereocenters. The van der Waals surface area contributed by atoms with Gasteiger partial charge in [0.05, 0.1) is 0 Å². The largest absolute Gasteiger partial charge is 0.519 e. The van der Waals surface area contributed by atoms with Gasteiger partial charge in [0, 0.05) is 16.7 Å². The predicted octanol–water partition coefficient (Wildman–Crippen LogP) is 2.49. The van der Waals surface area contributed by atoms with Gasteiger partial charge in [0.25, 0.3) is 0 Å². The highest BCUT2D eigenvalue weighted by molar-refractivity contribution is 14.1. The first-order valence-corrected chi connectivity index (χ1v) is 17.4. The van der Waals surface area contributed by atoms with Crippen LogP contribution in [0.15, 0.2) is 0 Å². The SMILES string of the molecule is C[Si](C)(C)NC1C(=O)N2CC(CI)(C(=O)O[Si](C)(C)C)CS[C@H]12. The molecule has 2 unspecified atom stereocenters. The van der Waals surface area contributed by atoms with Crippen LogP contribution in [0.1, 0.15) is 0 Å². The molecule has 0 aromatic rings. The fourth-order valence-corrected chi connectivity index (χ4v) is 7.57. The van der Waals surface area contributed by atoms with Crippen molar-refractivity contribution < 1.29 is 14.0 Å². The molecule has 0 bridgehead atoms. The zero-order valence-electron chi connectivity index (χ0n) is 14.7. The van der Waals surface area contributed by atoms with E-state index in [1.165, 1.54) is 0 Å². The molecule has 1 N–H and O–H groups in total. The van der Waals surface area contributed by atoms with Crippen LogP contribution in [-0.2, 0) is 14.0 Å². The lowest BCUT2D eigenvalue weighted by molar-refractivity contribution is -0.154. The minimum absolute atomic E-state index is 0.0770. The molecule has 2 aliphatic heterocycles. The van der Waals surface area contributed by atoms with Crippen molar-refractivity contribution in [3.63, 3.8) is 0 Å². The highest BCUT2D eigenvalue weighted by Crippen LogP contribution is 2.44. The van der Waals surface area contributed by atoms with Crippen molar-refractivity contribution in [2.24, 2.45) is 5.41 Å². The Morgan fingerprint density at radius 1 is 1.39 bits per heavy atom. The van der Waals surface area contributed by atoms with E-state index in [1.54, 1.807) is 11.8 Å². The summed E-state index contributed by atoms with van der Waals surface area (Å²) in [6, 6.07) is -0.0770. The van der Waals surface area contributed by atoms with Crippen LogP contribution in [0, 0.1) is 5.41 Å². The van der Waals surface area contributed by atoms with Crippen molar-refractivity contribution in [3.8, 4) is 0 Å². The predicted molar refractivity (Wildman–Crippen MR) is 109 cm³/mol. The lowest BCUT2D eigenvalue weighted by atomic mass is 9.90. The molecular weight excluding hydrogens is 459 g/mol. The smallest absolute Gasteiger partial charge is 0.302 e. The quantitative estimate of drug-likeness (QED) is 0.280. The molecule has 2 saturated heterocycles. The summed E-state index contributed by atoms with van der Waals surface area (Å²) in [6.45, 7) is 13.2. The third kappa shape index (κ3) is 4.34.